The Kier molecular flexibility index (Phi) is 6.40. The lowest BCUT2D eigenvalue weighted by Gasteiger charge is -2.26. The fourth-order valence-corrected chi connectivity index (χ4v) is 2.45. The van der Waals surface area contributed by atoms with Crippen molar-refractivity contribution in [1.29, 1.82) is 0 Å². The molecule has 2 heterocycles. The van der Waals surface area contributed by atoms with Crippen LogP contribution in [0.25, 0.3) is 0 Å². The Labute approximate surface area is 127 Å². The quantitative estimate of drug-likeness (QED) is 0.924. The summed E-state index contributed by atoms with van der Waals surface area (Å²) in [5, 5.41) is 0. The SMILES string of the molecule is CC.CCC(C)(C)CC1CC[C@H](n2ccc(N)nc2=O)O1. The average Bonchev–Trinajstić information content (AvgIpc) is 2.88. The van der Waals surface area contributed by atoms with Crippen LogP contribution in [0.3, 0.4) is 0 Å². The van der Waals surface area contributed by atoms with Gasteiger partial charge in [0.15, 0.2) is 0 Å². The van der Waals surface area contributed by atoms with Gasteiger partial charge in [-0.15, -0.1) is 0 Å². The number of hydrogen-bond donors (Lipinski definition) is 1. The van der Waals surface area contributed by atoms with Crippen LogP contribution in [0.4, 0.5) is 5.82 Å². The van der Waals surface area contributed by atoms with E-state index < -0.39 is 0 Å². The Morgan fingerprint density at radius 3 is 2.67 bits per heavy atom. The molecular weight excluding hydrogens is 266 g/mol. The molecule has 120 valence electrons. The van der Waals surface area contributed by atoms with Gasteiger partial charge in [-0.05, 0) is 30.7 Å². The molecule has 5 heteroatoms. The molecule has 0 aliphatic carbocycles. The minimum absolute atomic E-state index is 0.196. The molecule has 1 aliphatic heterocycles. The van der Waals surface area contributed by atoms with E-state index in [9.17, 15) is 4.79 Å². The fourth-order valence-electron chi connectivity index (χ4n) is 2.45. The predicted octanol–water partition coefficient (Wildman–Crippen LogP) is 3.36. The zero-order valence-corrected chi connectivity index (χ0v) is 13.9. The van der Waals surface area contributed by atoms with Gasteiger partial charge in [0.25, 0.3) is 0 Å². The minimum Gasteiger partial charge on any atom is -0.383 e. The summed E-state index contributed by atoms with van der Waals surface area (Å²) < 4.78 is 7.53. The van der Waals surface area contributed by atoms with Crippen LogP contribution in [0, 0.1) is 5.41 Å². The number of anilines is 1. The molecule has 0 spiro atoms. The normalized spacial score (nSPS) is 21.8. The number of nitrogen functional groups attached to an aromatic ring is 1. The highest BCUT2D eigenvalue weighted by Crippen LogP contribution is 2.36. The van der Waals surface area contributed by atoms with Crippen molar-refractivity contribution in [2.75, 3.05) is 5.73 Å². The maximum atomic E-state index is 11.8. The molecule has 1 fully saturated rings. The minimum atomic E-state index is -0.333. The maximum absolute atomic E-state index is 11.8. The van der Waals surface area contributed by atoms with Crippen molar-refractivity contribution in [3.05, 3.63) is 22.7 Å². The Morgan fingerprint density at radius 2 is 2.10 bits per heavy atom. The van der Waals surface area contributed by atoms with Crippen LogP contribution in [-0.4, -0.2) is 15.7 Å². The van der Waals surface area contributed by atoms with Gasteiger partial charge < -0.3 is 10.5 Å². The molecule has 0 bridgehead atoms. The zero-order valence-electron chi connectivity index (χ0n) is 13.9. The zero-order chi connectivity index (χ0) is 16.0. The Balaban J connectivity index is 0.00000106. The van der Waals surface area contributed by atoms with Gasteiger partial charge >= 0.3 is 5.69 Å². The van der Waals surface area contributed by atoms with Crippen LogP contribution in [0.1, 0.15) is 66.5 Å². The number of rotatable bonds is 4. The number of aromatic nitrogens is 2. The van der Waals surface area contributed by atoms with Gasteiger partial charge in [-0.1, -0.05) is 41.0 Å². The summed E-state index contributed by atoms with van der Waals surface area (Å²) in [6.07, 6.45) is 5.70. The molecule has 0 amide bonds. The van der Waals surface area contributed by atoms with Crippen molar-refractivity contribution in [3.63, 3.8) is 0 Å². The van der Waals surface area contributed by atoms with Crippen LogP contribution in [0.15, 0.2) is 17.1 Å². The second-order valence-electron chi connectivity index (χ2n) is 6.05. The van der Waals surface area contributed by atoms with Crippen LogP contribution in [0.5, 0.6) is 0 Å². The molecule has 2 rings (SSSR count). The lowest BCUT2D eigenvalue weighted by molar-refractivity contribution is -0.0193. The summed E-state index contributed by atoms with van der Waals surface area (Å²) >= 11 is 0. The fraction of sp³-hybridized carbons (Fsp3) is 0.750. The summed E-state index contributed by atoms with van der Waals surface area (Å²) in [7, 11) is 0. The molecule has 1 aromatic heterocycles. The Hall–Kier alpha value is -1.36. The topological polar surface area (TPSA) is 70.1 Å². The summed E-state index contributed by atoms with van der Waals surface area (Å²) in [6, 6.07) is 1.63. The van der Waals surface area contributed by atoms with Gasteiger partial charge in [-0.2, -0.15) is 4.98 Å². The van der Waals surface area contributed by atoms with Gasteiger partial charge in [0.05, 0.1) is 6.10 Å². The molecule has 0 aromatic carbocycles. The van der Waals surface area contributed by atoms with Crippen molar-refractivity contribution in [2.24, 2.45) is 5.41 Å². The van der Waals surface area contributed by atoms with Crippen molar-refractivity contribution >= 4 is 5.82 Å². The van der Waals surface area contributed by atoms with E-state index in [0.717, 1.165) is 25.7 Å². The molecule has 2 N–H and O–H groups in total. The van der Waals surface area contributed by atoms with Crippen molar-refractivity contribution < 1.29 is 4.74 Å². The van der Waals surface area contributed by atoms with Gasteiger partial charge in [0.2, 0.25) is 0 Å². The predicted molar refractivity (Wildman–Crippen MR) is 86.1 cm³/mol. The number of nitrogens with two attached hydrogens (primary N) is 1. The summed E-state index contributed by atoms with van der Waals surface area (Å²) in [5.74, 6) is 0.253. The molecule has 0 radical (unpaired) electrons. The first-order valence-electron chi connectivity index (χ1n) is 7.91. The van der Waals surface area contributed by atoms with Crippen LogP contribution in [0.2, 0.25) is 0 Å². The first-order chi connectivity index (χ1) is 9.91. The highest BCUT2D eigenvalue weighted by atomic mass is 16.5. The van der Waals surface area contributed by atoms with E-state index in [0.29, 0.717) is 0 Å². The van der Waals surface area contributed by atoms with Crippen molar-refractivity contribution in [3.8, 4) is 0 Å². The van der Waals surface area contributed by atoms with E-state index in [1.807, 2.05) is 13.8 Å². The highest BCUT2D eigenvalue weighted by molar-refractivity contribution is 5.23. The van der Waals surface area contributed by atoms with E-state index in [2.05, 4.69) is 25.8 Å². The molecule has 1 aromatic rings. The average molecular weight is 295 g/mol. The molecule has 1 aliphatic rings. The van der Waals surface area contributed by atoms with Gasteiger partial charge in [-0.25, -0.2) is 4.79 Å². The molecule has 2 atom stereocenters. The van der Waals surface area contributed by atoms with Crippen LogP contribution in [-0.2, 0) is 4.74 Å². The van der Waals surface area contributed by atoms with Gasteiger partial charge in [0.1, 0.15) is 12.0 Å². The Morgan fingerprint density at radius 1 is 1.43 bits per heavy atom. The van der Waals surface area contributed by atoms with Crippen LogP contribution < -0.4 is 11.4 Å². The van der Waals surface area contributed by atoms with E-state index in [4.69, 9.17) is 10.5 Å². The Bertz CT molecular complexity index is 497. The second kappa shape index (κ2) is 7.59. The van der Waals surface area contributed by atoms with E-state index in [1.165, 1.54) is 4.57 Å². The number of ether oxygens (including phenoxy) is 1. The van der Waals surface area contributed by atoms with E-state index in [-0.39, 0.29) is 29.3 Å². The van der Waals surface area contributed by atoms with Crippen molar-refractivity contribution in [2.45, 2.75) is 72.6 Å². The first kappa shape index (κ1) is 17.7. The molecule has 0 saturated carbocycles. The first-order valence-corrected chi connectivity index (χ1v) is 7.91. The van der Waals surface area contributed by atoms with Gasteiger partial charge in [-0.3, -0.25) is 4.57 Å². The smallest absolute Gasteiger partial charge is 0.351 e. The molecule has 21 heavy (non-hydrogen) atoms. The van der Waals surface area contributed by atoms with E-state index in [1.54, 1.807) is 12.3 Å². The third-order valence-corrected chi connectivity index (χ3v) is 3.98. The summed E-state index contributed by atoms with van der Waals surface area (Å²) in [5.41, 5.74) is 5.44. The third kappa shape index (κ3) is 4.84. The van der Waals surface area contributed by atoms with Gasteiger partial charge in [0, 0.05) is 6.20 Å². The summed E-state index contributed by atoms with van der Waals surface area (Å²) in [6.45, 7) is 10.7. The second-order valence-corrected chi connectivity index (χ2v) is 6.05. The standard InChI is InChI=1S/C14H23N3O2.C2H6/c1-4-14(2,3)9-10-5-6-12(19-10)17-8-7-11(15)16-13(17)18;1-2/h7-8,10,12H,4-6,9H2,1-3H3,(H2,15,16,18);1-2H3/t10?,12-;/m1./s1. The maximum Gasteiger partial charge on any atom is 0.351 e. The van der Waals surface area contributed by atoms with E-state index >= 15 is 0 Å². The summed E-state index contributed by atoms with van der Waals surface area (Å²) in [4.78, 5) is 15.5. The number of nitrogens with zero attached hydrogens (tertiary/aromatic N) is 2. The third-order valence-electron chi connectivity index (χ3n) is 3.98. The largest absolute Gasteiger partial charge is 0.383 e. The molecule has 1 unspecified atom stereocenters. The molecular formula is C16H29N3O2. The number of hydrogen-bond acceptors (Lipinski definition) is 4. The van der Waals surface area contributed by atoms with Crippen molar-refractivity contribution in [1.82, 2.24) is 9.55 Å². The monoisotopic (exact) mass is 295 g/mol. The molecule has 5 nitrogen and oxygen atoms in total. The molecule has 1 saturated heterocycles. The lowest BCUT2D eigenvalue weighted by Crippen LogP contribution is -2.28. The lowest BCUT2D eigenvalue weighted by atomic mass is 9.83. The highest BCUT2D eigenvalue weighted by Gasteiger charge is 2.31. The van der Waals surface area contributed by atoms with Crippen LogP contribution >= 0.6 is 0 Å².